The molecule has 0 saturated carbocycles. The van der Waals surface area contributed by atoms with E-state index >= 15 is 0 Å². The van der Waals surface area contributed by atoms with Gasteiger partial charge in [-0.1, -0.05) is 0 Å². The first-order chi connectivity index (χ1) is 4.83. The van der Waals surface area contributed by atoms with E-state index in [2.05, 4.69) is 3.63 Å². The average molecular weight is 218 g/mol. The van der Waals surface area contributed by atoms with Gasteiger partial charge in [0.1, 0.15) is 4.99 Å². The Morgan fingerprint density at radius 2 is 1.82 bits per heavy atom. The van der Waals surface area contributed by atoms with Gasteiger partial charge in [-0.3, -0.25) is 0 Å². The standard InChI is InChI=1S/C3H7O5PS2/c4-10(5)2-1-3(9)11(6,7)8-10/h3H,1-2,9H2. The van der Waals surface area contributed by atoms with Gasteiger partial charge >= 0.3 is 0 Å². The molecule has 1 heterocycles. The molecule has 66 valence electrons. The van der Waals surface area contributed by atoms with Crippen LogP contribution in [0.15, 0.2) is 0 Å². The lowest BCUT2D eigenvalue weighted by molar-refractivity contribution is 0.447. The molecule has 0 amide bonds. The number of rotatable bonds is 0. The highest BCUT2D eigenvalue weighted by atomic mass is 32.3. The first kappa shape index (κ1) is 9.38. The molecule has 5 nitrogen and oxygen atoms in total. The fourth-order valence-corrected chi connectivity index (χ4v) is 4.38. The predicted octanol–water partition coefficient (Wildman–Crippen LogP) is -0.732. The van der Waals surface area contributed by atoms with Crippen LogP contribution < -0.4 is 0 Å². The summed E-state index contributed by atoms with van der Waals surface area (Å²) < 4.78 is 46.6. The van der Waals surface area contributed by atoms with Crippen LogP contribution in [-0.4, -0.2) is 27.6 Å². The van der Waals surface area contributed by atoms with Crippen molar-refractivity contribution in [3.63, 3.8) is 0 Å². The summed E-state index contributed by atoms with van der Waals surface area (Å²) in [7, 11) is -5.69. The molecule has 0 spiro atoms. The van der Waals surface area contributed by atoms with Gasteiger partial charge in [0.15, 0.2) is 0 Å². The van der Waals surface area contributed by atoms with E-state index in [-0.39, 0.29) is 12.2 Å². The lowest BCUT2D eigenvalue weighted by Gasteiger charge is -2.16. The molecule has 0 aliphatic carbocycles. The zero-order valence-corrected chi connectivity index (χ0v) is 8.21. The van der Waals surface area contributed by atoms with Crippen molar-refractivity contribution in [2.24, 2.45) is 0 Å². The lowest BCUT2D eigenvalue weighted by atomic mass is 10.6. The van der Waals surface area contributed by atoms with E-state index in [0.717, 1.165) is 0 Å². The highest BCUT2D eigenvalue weighted by Gasteiger charge is 2.35. The van der Waals surface area contributed by atoms with Crippen molar-refractivity contribution in [3.8, 4) is 0 Å². The van der Waals surface area contributed by atoms with Crippen LogP contribution in [-0.2, 0) is 23.9 Å². The first-order valence-corrected chi connectivity index (χ1v) is 6.48. The van der Waals surface area contributed by atoms with Crippen LogP contribution in [0.2, 0.25) is 0 Å². The molecule has 11 heavy (non-hydrogen) atoms. The molecule has 1 aliphatic heterocycles. The van der Waals surface area contributed by atoms with Crippen molar-refractivity contribution >= 4 is 29.5 Å². The van der Waals surface area contributed by atoms with Gasteiger partial charge in [0.05, 0.1) is 5.75 Å². The topological polar surface area (TPSA) is 77.5 Å². The van der Waals surface area contributed by atoms with E-state index in [9.17, 15) is 16.8 Å². The molecule has 0 aromatic rings. The Morgan fingerprint density at radius 3 is 2.18 bits per heavy atom. The molecule has 0 N–H and O–H groups in total. The SMILES string of the molecule is O=S1(=O)CCC(P)S(=O)(=O)O1. The Labute approximate surface area is 67.6 Å². The number of hydrogen-bond acceptors (Lipinski definition) is 5. The van der Waals surface area contributed by atoms with Crippen LogP contribution in [0.4, 0.5) is 0 Å². The van der Waals surface area contributed by atoms with Crippen LogP contribution in [0.5, 0.6) is 0 Å². The molecule has 1 rings (SSSR count). The third-order valence-electron chi connectivity index (χ3n) is 1.22. The number of hydrogen-bond donors (Lipinski definition) is 0. The second-order valence-corrected chi connectivity index (χ2v) is 7.10. The third-order valence-corrected chi connectivity index (χ3v) is 5.86. The summed E-state index contributed by atoms with van der Waals surface area (Å²) in [6.07, 6.45) is 0.0787. The minimum Gasteiger partial charge on any atom is -0.198 e. The van der Waals surface area contributed by atoms with Crippen LogP contribution in [0.25, 0.3) is 0 Å². The van der Waals surface area contributed by atoms with Crippen LogP contribution >= 0.6 is 9.24 Å². The maximum atomic E-state index is 10.8. The summed E-state index contributed by atoms with van der Waals surface area (Å²) >= 11 is 0. The Hall–Kier alpha value is 0.290. The highest BCUT2D eigenvalue weighted by Crippen LogP contribution is 2.24. The Balaban J connectivity index is 3.03. The average Bonchev–Trinajstić information content (AvgIpc) is 1.77. The molecule has 0 aromatic carbocycles. The van der Waals surface area contributed by atoms with E-state index in [1.807, 2.05) is 9.24 Å². The molecule has 2 atom stereocenters. The first-order valence-electron chi connectivity index (χ1n) is 2.77. The van der Waals surface area contributed by atoms with Gasteiger partial charge in [0.2, 0.25) is 0 Å². The van der Waals surface area contributed by atoms with Gasteiger partial charge < -0.3 is 0 Å². The van der Waals surface area contributed by atoms with E-state index in [1.165, 1.54) is 0 Å². The summed E-state index contributed by atoms with van der Waals surface area (Å²) in [6, 6.07) is 0. The van der Waals surface area contributed by atoms with Gasteiger partial charge in [-0.15, -0.1) is 12.9 Å². The summed E-state index contributed by atoms with van der Waals surface area (Å²) in [6.45, 7) is 0. The Bertz CT molecular complexity index is 340. The molecule has 0 bridgehead atoms. The van der Waals surface area contributed by atoms with Gasteiger partial charge in [-0.2, -0.15) is 16.8 Å². The Kier molecular flexibility index (Phi) is 2.26. The van der Waals surface area contributed by atoms with E-state index in [4.69, 9.17) is 0 Å². The molecule has 8 heteroatoms. The fraction of sp³-hybridized carbons (Fsp3) is 1.00. The minimum absolute atomic E-state index is 0.0787. The van der Waals surface area contributed by atoms with Crippen molar-refractivity contribution in [1.29, 1.82) is 0 Å². The zero-order valence-electron chi connectivity index (χ0n) is 5.43. The maximum absolute atomic E-state index is 10.8. The van der Waals surface area contributed by atoms with E-state index < -0.39 is 25.2 Å². The van der Waals surface area contributed by atoms with Gasteiger partial charge in [0.25, 0.3) is 20.2 Å². The molecule has 1 fully saturated rings. The summed E-state index contributed by atoms with van der Waals surface area (Å²) in [5.41, 5.74) is 0. The van der Waals surface area contributed by atoms with Crippen molar-refractivity contribution in [3.05, 3.63) is 0 Å². The van der Waals surface area contributed by atoms with E-state index in [1.54, 1.807) is 0 Å². The summed E-state index contributed by atoms with van der Waals surface area (Å²) in [5.74, 6) is -0.236. The maximum Gasteiger partial charge on any atom is 0.288 e. The molecule has 0 aromatic heterocycles. The van der Waals surface area contributed by atoms with Crippen LogP contribution in [0, 0.1) is 0 Å². The molecule has 1 saturated heterocycles. The van der Waals surface area contributed by atoms with Gasteiger partial charge in [0, 0.05) is 0 Å². The molecule has 0 radical (unpaired) electrons. The molecular weight excluding hydrogens is 211 g/mol. The predicted molar refractivity (Wildman–Crippen MR) is 41.9 cm³/mol. The van der Waals surface area contributed by atoms with Crippen LogP contribution in [0.1, 0.15) is 6.42 Å². The lowest BCUT2D eigenvalue weighted by Crippen LogP contribution is -2.30. The molecule has 1 aliphatic rings. The smallest absolute Gasteiger partial charge is 0.198 e. The molecular formula is C3H7O5PS2. The van der Waals surface area contributed by atoms with E-state index in [0.29, 0.717) is 0 Å². The van der Waals surface area contributed by atoms with Gasteiger partial charge in [-0.05, 0) is 6.42 Å². The van der Waals surface area contributed by atoms with Gasteiger partial charge in [-0.25, -0.2) is 0 Å². The zero-order chi connectivity index (χ0) is 8.70. The second-order valence-electron chi connectivity index (χ2n) is 2.15. The fourth-order valence-electron chi connectivity index (χ4n) is 0.634. The molecule has 2 unspecified atom stereocenters. The van der Waals surface area contributed by atoms with Crippen molar-refractivity contribution < 1.29 is 20.5 Å². The Morgan fingerprint density at radius 1 is 1.27 bits per heavy atom. The quantitative estimate of drug-likeness (QED) is 0.501. The largest absolute Gasteiger partial charge is 0.288 e. The van der Waals surface area contributed by atoms with Crippen molar-refractivity contribution in [2.75, 3.05) is 5.75 Å². The second kappa shape index (κ2) is 2.65. The normalized spacial score (nSPS) is 34.8. The van der Waals surface area contributed by atoms with Crippen molar-refractivity contribution in [2.45, 2.75) is 11.4 Å². The minimum atomic E-state index is -3.89. The highest BCUT2D eigenvalue weighted by molar-refractivity contribution is 8.02. The third kappa shape index (κ3) is 2.11. The summed E-state index contributed by atoms with van der Waals surface area (Å²) in [5, 5.41) is 0. The van der Waals surface area contributed by atoms with Crippen LogP contribution in [0.3, 0.4) is 0 Å². The van der Waals surface area contributed by atoms with Crippen molar-refractivity contribution in [1.82, 2.24) is 0 Å². The summed E-state index contributed by atoms with van der Waals surface area (Å²) in [4.78, 5) is -0.800. The monoisotopic (exact) mass is 218 g/mol.